The maximum atomic E-state index is 10.6. The molecule has 0 spiro atoms. The lowest BCUT2D eigenvalue weighted by atomic mass is 9.87. The van der Waals surface area contributed by atoms with Gasteiger partial charge < -0.3 is 9.84 Å². The van der Waals surface area contributed by atoms with Gasteiger partial charge in [0.05, 0.1) is 18.9 Å². The van der Waals surface area contributed by atoms with Crippen LogP contribution in [0, 0.1) is 0 Å². The van der Waals surface area contributed by atoms with Crippen LogP contribution in [0.1, 0.15) is 32.1 Å². The molecular weight excluding hydrogens is 230 g/mol. The van der Waals surface area contributed by atoms with Crippen molar-refractivity contribution in [2.75, 3.05) is 26.3 Å². The molecular formula is C13H23N3O2. The molecule has 5 heteroatoms. The van der Waals surface area contributed by atoms with Gasteiger partial charge in [0, 0.05) is 31.9 Å². The number of ether oxygens (including phenoxy) is 1. The quantitative estimate of drug-likeness (QED) is 0.868. The first-order valence-corrected chi connectivity index (χ1v) is 6.58. The minimum atomic E-state index is -0.568. The highest BCUT2D eigenvalue weighted by Crippen LogP contribution is 2.33. The molecule has 1 N–H and O–H groups in total. The number of aryl methyl sites for hydroxylation is 1. The highest BCUT2D eigenvalue weighted by atomic mass is 16.5. The fourth-order valence-corrected chi connectivity index (χ4v) is 2.56. The Morgan fingerprint density at radius 2 is 2.17 bits per heavy atom. The highest BCUT2D eigenvalue weighted by molar-refractivity contribution is 5.10. The van der Waals surface area contributed by atoms with E-state index in [1.165, 1.54) is 0 Å². The number of nitrogens with zero attached hydrogens (tertiary/aromatic N) is 3. The van der Waals surface area contributed by atoms with Gasteiger partial charge in [0.15, 0.2) is 0 Å². The molecule has 18 heavy (non-hydrogen) atoms. The topological polar surface area (TPSA) is 50.5 Å². The van der Waals surface area contributed by atoms with Gasteiger partial charge in [-0.25, -0.2) is 0 Å². The molecule has 1 aromatic heterocycles. The number of aromatic nitrogens is 2. The summed E-state index contributed by atoms with van der Waals surface area (Å²) in [5, 5.41) is 15.0. The SMILES string of the molecule is CCC(C)(C(O)c1ccn(C)n1)N1CCOCC1. The van der Waals surface area contributed by atoms with Gasteiger partial charge in [0.2, 0.25) is 0 Å². The van der Waals surface area contributed by atoms with Crippen molar-refractivity contribution in [2.45, 2.75) is 31.9 Å². The fraction of sp³-hybridized carbons (Fsp3) is 0.769. The minimum Gasteiger partial charge on any atom is -0.385 e. The molecule has 0 bridgehead atoms. The smallest absolute Gasteiger partial charge is 0.116 e. The zero-order valence-corrected chi connectivity index (χ0v) is 11.5. The predicted molar refractivity (Wildman–Crippen MR) is 69.3 cm³/mol. The number of aliphatic hydroxyl groups excluding tert-OH is 1. The lowest BCUT2D eigenvalue weighted by Gasteiger charge is -2.45. The summed E-state index contributed by atoms with van der Waals surface area (Å²) in [6.07, 6.45) is 2.18. The van der Waals surface area contributed by atoms with E-state index in [-0.39, 0.29) is 5.54 Å². The second-order valence-electron chi connectivity index (χ2n) is 5.13. The maximum Gasteiger partial charge on any atom is 0.116 e. The van der Waals surface area contributed by atoms with Crippen molar-refractivity contribution >= 4 is 0 Å². The number of morpholine rings is 1. The van der Waals surface area contributed by atoms with Gasteiger partial charge in [-0.05, 0) is 19.4 Å². The zero-order chi connectivity index (χ0) is 13.2. The van der Waals surface area contributed by atoms with Crippen molar-refractivity contribution < 1.29 is 9.84 Å². The molecule has 1 aliphatic rings. The van der Waals surface area contributed by atoms with E-state index in [9.17, 15) is 5.11 Å². The first-order valence-electron chi connectivity index (χ1n) is 6.58. The second kappa shape index (κ2) is 5.38. The monoisotopic (exact) mass is 253 g/mol. The Balaban J connectivity index is 2.19. The Morgan fingerprint density at radius 3 is 2.67 bits per heavy atom. The number of rotatable bonds is 4. The molecule has 5 nitrogen and oxygen atoms in total. The van der Waals surface area contributed by atoms with Crippen LogP contribution in [0.5, 0.6) is 0 Å². The normalized spacial score (nSPS) is 22.7. The van der Waals surface area contributed by atoms with Gasteiger partial charge in [-0.2, -0.15) is 5.10 Å². The summed E-state index contributed by atoms with van der Waals surface area (Å²) >= 11 is 0. The molecule has 2 unspecified atom stereocenters. The molecule has 102 valence electrons. The Hall–Kier alpha value is -0.910. The van der Waals surface area contributed by atoms with Crippen molar-refractivity contribution in [3.8, 4) is 0 Å². The molecule has 1 saturated heterocycles. The summed E-state index contributed by atoms with van der Waals surface area (Å²) in [5.74, 6) is 0. The summed E-state index contributed by atoms with van der Waals surface area (Å²) in [7, 11) is 1.87. The molecule has 1 aromatic rings. The first-order chi connectivity index (χ1) is 8.58. The third kappa shape index (κ3) is 2.43. The van der Waals surface area contributed by atoms with Crippen LogP contribution in [0.2, 0.25) is 0 Å². The second-order valence-corrected chi connectivity index (χ2v) is 5.13. The Kier molecular flexibility index (Phi) is 4.04. The van der Waals surface area contributed by atoms with Crippen LogP contribution in [0.15, 0.2) is 12.3 Å². The largest absolute Gasteiger partial charge is 0.385 e. The molecule has 2 heterocycles. The van der Waals surface area contributed by atoms with Crippen molar-refractivity contribution in [3.63, 3.8) is 0 Å². The molecule has 0 saturated carbocycles. The Morgan fingerprint density at radius 1 is 1.50 bits per heavy atom. The van der Waals surface area contributed by atoms with E-state index in [1.807, 2.05) is 19.3 Å². The van der Waals surface area contributed by atoms with Crippen LogP contribution in [-0.4, -0.2) is 51.6 Å². The molecule has 0 radical (unpaired) electrons. The average molecular weight is 253 g/mol. The van der Waals surface area contributed by atoms with E-state index in [0.29, 0.717) is 0 Å². The molecule has 1 fully saturated rings. The standard InChI is InChI=1S/C13H23N3O2/c1-4-13(2,16-7-9-18-10-8-16)12(17)11-5-6-15(3)14-11/h5-6,12,17H,4,7-10H2,1-3H3. The molecule has 0 aromatic carbocycles. The summed E-state index contributed by atoms with van der Waals surface area (Å²) in [5.41, 5.74) is 0.464. The third-order valence-electron chi connectivity index (χ3n) is 4.05. The van der Waals surface area contributed by atoms with Crippen LogP contribution in [-0.2, 0) is 11.8 Å². The Bertz CT molecular complexity index is 387. The predicted octanol–water partition coefficient (Wildman–Crippen LogP) is 0.954. The number of hydrogen-bond acceptors (Lipinski definition) is 4. The van der Waals surface area contributed by atoms with Gasteiger partial charge >= 0.3 is 0 Å². The van der Waals surface area contributed by atoms with E-state index < -0.39 is 6.10 Å². The van der Waals surface area contributed by atoms with Crippen molar-refractivity contribution in [1.82, 2.24) is 14.7 Å². The van der Waals surface area contributed by atoms with Gasteiger partial charge in [0.1, 0.15) is 6.10 Å². The molecule has 1 aliphatic heterocycles. The molecule has 2 rings (SSSR count). The van der Waals surface area contributed by atoms with Gasteiger partial charge in [-0.15, -0.1) is 0 Å². The van der Waals surface area contributed by atoms with Crippen LogP contribution in [0.4, 0.5) is 0 Å². The summed E-state index contributed by atoms with van der Waals surface area (Å²) in [4.78, 5) is 2.32. The van der Waals surface area contributed by atoms with E-state index in [0.717, 1.165) is 38.4 Å². The molecule has 0 amide bonds. The fourth-order valence-electron chi connectivity index (χ4n) is 2.56. The zero-order valence-electron chi connectivity index (χ0n) is 11.5. The summed E-state index contributed by atoms with van der Waals surface area (Å²) < 4.78 is 7.12. The summed E-state index contributed by atoms with van der Waals surface area (Å²) in [6.45, 7) is 7.44. The first kappa shape index (κ1) is 13.5. The van der Waals surface area contributed by atoms with Gasteiger partial charge in [-0.1, -0.05) is 6.92 Å². The number of aliphatic hydroxyl groups is 1. The van der Waals surface area contributed by atoms with E-state index in [4.69, 9.17) is 4.74 Å². The van der Waals surface area contributed by atoms with Crippen LogP contribution in [0.25, 0.3) is 0 Å². The van der Waals surface area contributed by atoms with E-state index >= 15 is 0 Å². The molecule has 0 aliphatic carbocycles. The van der Waals surface area contributed by atoms with Gasteiger partial charge in [-0.3, -0.25) is 9.58 Å². The van der Waals surface area contributed by atoms with Crippen LogP contribution < -0.4 is 0 Å². The van der Waals surface area contributed by atoms with Crippen molar-refractivity contribution in [3.05, 3.63) is 18.0 Å². The Labute approximate surface area is 108 Å². The van der Waals surface area contributed by atoms with E-state index in [1.54, 1.807) is 4.68 Å². The minimum absolute atomic E-state index is 0.280. The van der Waals surface area contributed by atoms with Crippen LogP contribution in [0.3, 0.4) is 0 Å². The van der Waals surface area contributed by atoms with Crippen molar-refractivity contribution in [1.29, 1.82) is 0 Å². The lowest BCUT2D eigenvalue weighted by molar-refractivity contribution is -0.0748. The van der Waals surface area contributed by atoms with Gasteiger partial charge in [0.25, 0.3) is 0 Å². The lowest BCUT2D eigenvalue weighted by Crippen LogP contribution is -2.54. The third-order valence-corrected chi connectivity index (χ3v) is 4.05. The maximum absolute atomic E-state index is 10.6. The van der Waals surface area contributed by atoms with Crippen molar-refractivity contribution in [2.24, 2.45) is 7.05 Å². The average Bonchev–Trinajstić information content (AvgIpc) is 2.84. The summed E-state index contributed by atoms with van der Waals surface area (Å²) in [6, 6.07) is 1.89. The number of hydrogen-bond donors (Lipinski definition) is 1. The van der Waals surface area contributed by atoms with Crippen LogP contribution >= 0.6 is 0 Å². The van der Waals surface area contributed by atoms with E-state index in [2.05, 4.69) is 23.8 Å². The highest BCUT2D eigenvalue weighted by Gasteiger charge is 2.39. The molecule has 2 atom stereocenters.